The van der Waals surface area contributed by atoms with E-state index in [0.717, 1.165) is 25.9 Å². The zero-order valence-corrected chi connectivity index (χ0v) is 17.5. The van der Waals surface area contributed by atoms with E-state index in [0.29, 0.717) is 18.7 Å². The Kier molecular flexibility index (Phi) is 7.82. The van der Waals surface area contributed by atoms with Crippen LogP contribution in [0.1, 0.15) is 30.1 Å². The van der Waals surface area contributed by atoms with Gasteiger partial charge in [-0.05, 0) is 37.6 Å². The van der Waals surface area contributed by atoms with Crippen molar-refractivity contribution in [3.05, 3.63) is 29.8 Å². The molecule has 2 aliphatic heterocycles. The van der Waals surface area contributed by atoms with E-state index in [-0.39, 0.29) is 48.2 Å². The predicted molar refractivity (Wildman–Crippen MR) is 108 cm³/mol. The SMILES string of the molecule is CC(=O)N1CCN(S(=O)(=O)c2cccc(C(=O)NC3CCCNC3)c2)CC1.Cl. The number of nitrogens with one attached hydrogen (secondary N) is 2. The number of carbonyl (C=O) groups is 2. The molecule has 3 rings (SSSR count). The zero-order chi connectivity index (χ0) is 19.4. The second kappa shape index (κ2) is 9.69. The maximum Gasteiger partial charge on any atom is 0.251 e. The van der Waals surface area contributed by atoms with Gasteiger partial charge in [0.1, 0.15) is 0 Å². The molecule has 0 radical (unpaired) electrons. The standard InChI is InChI=1S/C18H26N4O4S.ClH/c1-14(23)21-8-10-22(11-9-21)27(25,26)17-6-2-4-15(12-17)18(24)20-16-5-3-7-19-13-16;/h2,4,6,12,16,19H,3,5,7-11,13H2,1H3,(H,20,24);1H. The van der Waals surface area contributed by atoms with Crippen LogP contribution in [-0.2, 0) is 14.8 Å². The van der Waals surface area contributed by atoms with Crippen LogP contribution in [0.25, 0.3) is 0 Å². The summed E-state index contributed by atoms with van der Waals surface area (Å²) in [6, 6.07) is 6.21. The minimum atomic E-state index is -3.70. The van der Waals surface area contributed by atoms with Gasteiger partial charge in [-0.25, -0.2) is 8.42 Å². The van der Waals surface area contributed by atoms with Gasteiger partial charge in [0.05, 0.1) is 4.90 Å². The van der Waals surface area contributed by atoms with Crippen molar-refractivity contribution < 1.29 is 18.0 Å². The fourth-order valence-electron chi connectivity index (χ4n) is 3.43. The average Bonchev–Trinajstić information content (AvgIpc) is 2.69. The molecule has 1 aromatic carbocycles. The number of piperazine rings is 1. The second-order valence-corrected chi connectivity index (χ2v) is 8.89. The molecule has 2 aliphatic rings. The summed E-state index contributed by atoms with van der Waals surface area (Å²) in [7, 11) is -3.70. The molecule has 0 bridgehead atoms. The largest absolute Gasteiger partial charge is 0.348 e. The van der Waals surface area contributed by atoms with Gasteiger partial charge in [0.15, 0.2) is 0 Å². The van der Waals surface area contributed by atoms with Gasteiger partial charge in [-0.15, -0.1) is 12.4 Å². The van der Waals surface area contributed by atoms with Crippen LogP contribution >= 0.6 is 12.4 Å². The molecular formula is C18H27ClN4O4S. The van der Waals surface area contributed by atoms with E-state index in [9.17, 15) is 18.0 Å². The Morgan fingerprint density at radius 3 is 2.50 bits per heavy atom. The van der Waals surface area contributed by atoms with Crippen molar-refractivity contribution in [2.45, 2.75) is 30.7 Å². The van der Waals surface area contributed by atoms with Crippen molar-refractivity contribution in [2.24, 2.45) is 0 Å². The molecule has 0 saturated carbocycles. The Morgan fingerprint density at radius 1 is 1.18 bits per heavy atom. The summed E-state index contributed by atoms with van der Waals surface area (Å²) >= 11 is 0. The lowest BCUT2D eigenvalue weighted by molar-refractivity contribution is -0.129. The summed E-state index contributed by atoms with van der Waals surface area (Å²) in [5, 5.41) is 6.19. The Hall–Kier alpha value is -1.68. The van der Waals surface area contributed by atoms with Gasteiger partial charge in [-0.3, -0.25) is 9.59 Å². The minimum Gasteiger partial charge on any atom is -0.348 e. The fraction of sp³-hybridized carbons (Fsp3) is 0.556. The van der Waals surface area contributed by atoms with Crippen LogP contribution in [0.4, 0.5) is 0 Å². The summed E-state index contributed by atoms with van der Waals surface area (Å²) in [5.74, 6) is -0.315. The monoisotopic (exact) mass is 430 g/mol. The van der Waals surface area contributed by atoms with Gasteiger partial charge in [-0.2, -0.15) is 4.31 Å². The molecule has 1 atom stereocenters. The summed E-state index contributed by atoms with van der Waals surface area (Å²) < 4.78 is 27.2. The van der Waals surface area contributed by atoms with Crippen LogP contribution in [0, 0.1) is 0 Å². The van der Waals surface area contributed by atoms with Crippen molar-refractivity contribution in [1.82, 2.24) is 19.8 Å². The number of hydrogen-bond acceptors (Lipinski definition) is 5. The smallest absolute Gasteiger partial charge is 0.251 e. The first kappa shape index (κ1) is 22.6. The lowest BCUT2D eigenvalue weighted by Gasteiger charge is -2.33. The molecule has 0 spiro atoms. The summed E-state index contributed by atoms with van der Waals surface area (Å²) in [5.41, 5.74) is 0.337. The number of rotatable bonds is 4. The average molecular weight is 431 g/mol. The first-order chi connectivity index (χ1) is 12.9. The van der Waals surface area contributed by atoms with Crippen LogP contribution in [0.15, 0.2) is 29.2 Å². The maximum atomic E-state index is 12.9. The van der Waals surface area contributed by atoms with Gasteiger partial charge in [-0.1, -0.05) is 6.07 Å². The topological polar surface area (TPSA) is 98.8 Å². The van der Waals surface area contributed by atoms with Crippen molar-refractivity contribution in [2.75, 3.05) is 39.3 Å². The summed E-state index contributed by atoms with van der Waals surface area (Å²) in [4.78, 5) is 25.7. The molecule has 2 N–H and O–H groups in total. The zero-order valence-electron chi connectivity index (χ0n) is 15.9. The highest BCUT2D eigenvalue weighted by molar-refractivity contribution is 7.89. The Labute approximate surface area is 172 Å². The molecule has 28 heavy (non-hydrogen) atoms. The third kappa shape index (κ3) is 5.22. The number of sulfonamides is 1. The first-order valence-electron chi connectivity index (χ1n) is 9.25. The first-order valence-corrected chi connectivity index (χ1v) is 10.7. The molecular weight excluding hydrogens is 404 g/mol. The second-order valence-electron chi connectivity index (χ2n) is 6.95. The quantitative estimate of drug-likeness (QED) is 0.722. The van der Waals surface area contributed by atoms with Gasteiger partial charge < -0.3 is 15.5 Å². The predicted octanol–water partition coefficient (Wildman–Crippen LogP) is 0.443. The Morgan fingerprint density at radius 2 is 1.89 bits per heavy atom. The third-order valence-corrected chi connectivity index (χ3v) is 6.94. The third-order valence-electron chi connectivity index (χ3n) is 5.05. The van der Waals surface area contributed by atoms with Crippen LogP contribution in [-0.4, -0.2) is 74.7 Å². The molecule has 1 aromatic rings. The highest BCUT2D eigenvalue weighted by atomic mass is 35.5. The van der Waals surface area contributed by atoms with Crippen LogP contribution < -0.4 is 10.6 Å². The van der Waals surface area contributed by atoms with E-state index in [1.807, 2.05) is 0 Å². The van der Waals surface area contributed by atoms with Gasteiger partial charge in [0.25, 0.3) is 5.91 Å². The number of hydrogen-bond donors (Lipinski definition) is 2. The van der Waals surface area contributed by atoms with E-state index < -0.39 is 10.0 Å². The molecule has 0 aromatic heterocycles. The lowest BCUT2D eigenvalue weighted by atomic mass is 10.1. The van der Waals surface area contributed by atoms with E-state index in [4.69, 9.17) is 0 Å². The van der Waals surface area contributed by atoms with E-state index in [1.165, 1.54) is 23.4 Å². The highest BCUT2D eigenvalue weighted by Gasteiger charge is 2.29. The molecule has 2 amide bonds. The molecule has 1 unspecified atom stereocenters. The van der Waals surface area contributed by atoms with Gasteiger partial charge in [0.2, 0.25) is 15.9 Å². The number of halogens is 1. The number of piperidine rings is 1. The van der Waals surface area contributed by atoms with E-state index in [2.05, 4.69) is 10.6 Å². The fourth-order valence-corrected chi connectivity index (χ4v) is 4.90. The Balaban J connectivity index is 0.00000280. The molecule has 156 valence electrons. The summed E-state index contributed by atoms with van der Waals surface area (Å²) in [6.07, 6.45) is 1.92. The Bertz CT molecular complexity index is 804. The van der Waals surface area contributed by atoms with E-state index in [1.54, 1.807) is 17.0 Å². The van der Waals surface area contributed by atoms with Gasteiger partial charge >= 0.3 is 0 Å². The molecule has 0 aliphatic carbocycles. The number of amides is 2. The highest BCUT2D eigenvalue weighted by Crippen LogP contribution is 2.19. The molecule has 2 fully saturated rings. The number of carbonyl (C=O) groups excluding carboxylic acids is 2. The van der Waals surface area contributed by atoms with Crippen LogP contribution in [0.2, 0.25) is 0 Å². The number of nitrogens with zero attached hydrogens (tertiary/aromatic N) is 2. The van der Waals surface area contributed by atoms with Crippen molar-refractivity contribution in [3.8, 4) is 0 Å². The molecule has 2 heterocycles. The maximum absolute atomic E-state index is 12.9. The minimum absolute atomic E-state index is 0. The van der Waals surface area contributed by atoms with Crippen molar-refractivity contribution in [1.29, 1.82) is 0 Å². The molecule has 2 saturated heterocycles. The number of benzene rings is 1. The van der Waals surface area contributed by atoms with Crippen LogP contribution in [0.5, 0.6) is 0 Å². The molecule has 8 nitrogen and oxygen atoms in total. The normalized spacial score (nSPS) is 20.9. The van der Waals surface area contributed by atoms with Crippen molar-refractivity contribution in [3.63, 3.8) is 0 Å². The van der Waals surface area contributed by atoms with Crippen LogP contribution in [0.3, 0.4) is 0 Å². The summed E-state index contributed by atoms with van der Waals surface area (Å²) in [6.45, 7) is 4.43. The van der Waals surface area contributed by atoms with E-state index >= 15 is 0 Å². The molecule has 10 heteroatoms. The lowest BCUT2D eigenvalue weighted by Crippen LogP contribution is -2.50. The van der Waals surface area contributed by atoms with Crippen molar-refractivity contribution >= 4 is 34.2 Å². The van der Waals surface area contributed by atoms with Gasteiger partial charge in [0, 0.05) is 51.3 Å².